The van der Waals surface area contributed by atoms with Gasteiger partial charge in [0.05, 0.1) is 6.61 Å². The monoisotopic (exact) mass is 272 g/mol. The molecule has 0 aliphatic rings. The molecule has 0 aliphatic carbocycles. The molecule has 1 aromatic heterocycles. The summed E-state index contributed by atoms with van der Waals surface area (Å²) in [6.07, 6.45) is 8.49. The van der Waals surface area contributed by atoms with Crippen LogP contribution in [0, 0.1) is 5.92 Å². The van der Waals surface area contributed by atoms with Gasteiger partial charge in [0.25, 0.3) is 0 Å². The highest BCUT2D eigenvalue weighted by molar-refractivity contribution is 5.96. The van der Waals surface area contributed by atoms with Crippen LogP contribution < -0.4 is 10.5 Å². The maximum absolute atomic E-state index is 6.03. The number of rotatable bonds is 7. The second-order valence-electron chi connectivity index (χ2n) is 5.30. The lowest BCUT2D eigenvalue weighted by molar-refractivity contribution is 0.235. The van der Waals surface area contributed by atoms with Crippen molar-refractivity contribution in [2.75, 3.05) is 12.3 Å². The highest BCUT2D eigenvalue weighted by Crippen LogP contribution is 2.29. The molecule has 0 spiro atoms. The molecule has 0 fully saturated rings. The van der Waals surface area contributed by atoms with Crippen molar-refractivity contribution in [2.45, 2.75) is 39.5 Å². The standard InChI is InChI=1S/C17H24N2O/c1-3-5-6-13(4-2)12-20-17-8-7-16(18)14-9-10-19-11-15(14)17/h7-11,13H,3-6,12,18H2,1-2H3. The highest BCUT2D eigenvalue weighted by Gasteiger charge is 2.09. The van der Waals surface area contributed by atoms with E-state index in [2.05, 4.69) is 18.8 Å². The van der Waals surface area contributed by atoms with Crippen LogP contribution in [0.1, 0.15) is 39.5 Å². The Morgan fingerprint density at radius 1 is 1.20 bits per heavy atom. The quantitative estimate of drug-likeness (QED) is 0.759. The Morgan fingerprint density at radius 2 is 2.05 bits per heavy atom. The zero-order chi connectivity index (χ0) is 14.4. The number of anilines is 1. The van der Waals surface area contributed by atoms with Crippen molar-refractivity contribution < 1.29 is 4.74 Å². The van der Waals surface area contributed by atoms with Crippen molar-refractivity contribution in [3.8, 4) is 5.75 Å². The average Bonchev–Trinajstić information content (AvgIpc) is 2.49. The van der Waals surface area contributed by atoms with Crippen LogP contribution >= 0.6 is 0 Å². The van der Waals surface area contributed by atoms with Gasteiger partial charge >= 0.3 is 0 Å². The van der Waals surface area contributed by atoms with Crippen molar-refractivity contribution in [1.82, 2.24) is 4.98 Å². The Labute approximate surface area is 121 Å². The van der Waals surface area contributed by atoms with Gasteiger partial charge in [0.15, 0.2) is 0 Å². The molecule has 1 aromatic carbocycles. The van der Waals surface area contributed by atoms with E-state index in [4.69, 9.17) is 10.5 Å². The lowest BCUT2D eigenvalue weighted by Gasteiger charge is -2.17. The summed E-state index contributed by atoms with van der Waals surface area (Å²) in [5.74, 6) is 1.51. The first-order valence-corrected chi connectivity index (χ1v) is 7.51. The van der Waals surface area contributed by atoms with Crippen LogP contribution in [0.2, 0.25) is 0 Å². The molecule has 1 heterocycles. The molecule has 2 aromatic rings. The van der Waals surface area contributed by atoms with Gasteiger partial charge in [-0.15, -0.1) is 0 Å². The first-order chi connectivity index (χ1) is 9.76. The molecule has 3 heteroatoms. The number of ether oxygens (including phenoxy) is 1. The van der Waals surface area contributed by atoms with Crippen molar-refractivity contribution in [1.29, 1.82) is 0 Å². The summed E-state index contributed by atoms with van der Waals surface area (Å²) >= 11 is 0. The number of pyridine rings is 1. The molecule has 0 saturated carbocycles. The van der Waals surface area contributed by atoms with Gasteiger partial charge in [-0.05, 0) is 30.5 Å². The van der Waals surface area contributed by atoms with Gasteiger partial charge in [0.1, 0.15) is 5.75 Å². The molecule has 20 heavy (non-hydrogen) atoms. The van der Waals surface area contributed by atoms with E-state index in [0.717, 1.165) is 35.2 Å². The number of fused-ring (bicyclic) bond motifs is 1. The van der Waals surface area contributed by atoms with Crippen LogP contribution in [0.4, 0.5) is 5.69 Å². The molecule has 0 bridgehead atoms. The van der Waals surface area contributed by atoms with Gasteiger partial charge in [-0.1, -0.05) is 33.1 Å². The van der Waals surface area contributed by atoms with Crippen LogP contribution in [0.15, 0.2) is 30.6 Å². The van der Waals surface area contributed by atoms with Gasteiger partial charge in [-0.3, -0.25) is 4.98 Å². The van der Waals surface area contributed by atoms with Crippen LogP contribution in [0.5, 0.6) is 5.75 Å². The molecule has 2 rings (SSSR count). The van der Waals surface area contributed by atoms with E-state index in [0.29, 0.717) is 5.92 Å². The van der Waals surface area contributed by atoms with Gasteiger partial charge in [0, 0.05) is 28.9 Å². The summed E-state index contributed by atoms with van der Waals surface area (Å²) in [6.45, 7) is 5.23. The summed E-state index contributed by atoms with van der Waals surface area (Å²) in [5.41, 5.74) is 6.76. The smallest absolute Gasteiger partial charge is 0.128 e. The Hall–Kier alpha value is -1.77. The first kappa shape index (κ1) is 14.6. The Kier molecular flexibility index (Phi) is 5.22. The van der Waals surface area contributed by atoms with E-state index in [1.54, 1.807) is 6.20 Å². The van der Waals surface area contributed by atoms with Crippen molar-refractivity contribution >= 4 is 16.5 Å². The fraction of sp³-hybridized carbons (Fsp3) is 0.471. The van der Waals surface area contributed by atoms with Gasteiger partial charge < -0.3 is 10.5 Å². The number of nitrogens with zero attached hydrogens (tertiary/aromatic N) is 1. The lowest BCUT2D eigenvalue weighted by Crippen LogP contribution is -2.11. The number of nitrogens with two attached hydrogens (primary N) is 1. The maximum Gasteiger partial charge on any atom is 0.128 e. The Bertz CT molecular complexity index is 554. The minimum absolute atomic E-state index is 0.624. The fourth-order valence-electron chi connectivity index (χ4n) is 2.42. The number of nitrogen functional groups attached to an aromatic ring is 1. The summed E-state index contributed by atoms with van der Waals surface area (Å²) in [5, 5.41) is 2.01. The van der Waals surface area contributed by atoms with Crippen molar-refractivity contribution in [3.05, 3.63) is 30.6 Å². The van der Waals surface area contributed by atoms with E-state index in [1.165, 1.54) is 19.3 Å². The highest BCUT2D eigenvalue weighted by atomic mass is 16.5. The topological polar surface area (TPSA) is 48.1 Å². The van der Waals surface area contributed by atoms with Crippen LogP contribution in [0.3, 0.4) is 0 Å². The number of unbranched alkanes of at least 4 members (excludes halogenated alkanes) is 1. The molecule has 2 N–H and O–H groups in total. The van der Waals surface area contributed by atoms with Crippen molar-refractivity contribution in [2.24, 2.45) is 5.92 Å². The predicted molar refractivity (Wildman–Crippen MR) is 85.0 cm³/mol. The first-order valence-electron chi connectivity index (χ1n) is 7.51. The molecule has 3 nitrogen and oxygen atoms in total. The normalized spacial score (nSPS) is 12.5. The van der Waals surface area contributed by atoms with Gasteiger partial charge in [-0.2, -0.15) is 0 Å². The minimum Gasteiger partial charge on any atom is -0.493 e. The van der Waals surface area contributed by atoms with Crippen LogP contribution in [-0.4, -0.2) is 11.6 Å². The molecular weight excluding hydrogens is 248 g/mol. The van der Waals surface area contributed by atoms with Gasteiger partial charge in [0.2, 0.25) is 0 Å². The zero-order valence-electron chi connectivity index (χ0n) is 12.4. The van der Waals surface area contributed by atoms with E-state index >= 15 is 0 Å². The zero-order valence-corrected chi connectivity index (χ0v) is 12.4. The van der Waals surface area contributed by atoms with Crippen molar-refractivity contribution in [3.63, 3.8) is 0 Å². The minimum atomic E-state index is 0.624. The second kappa shape index (κ2) is 7.13. The SMILES string of the molecule is CCCCC(CC)COc1ccc(N)c2ccncc12. The Morgan fingerprint density at radius 3 is 2.80 bits per heavy atom. The predicted octanol–water partition coefficient (Wildman–Crippen LogP) is 4.41. The Balaban J connectivity index is 2.11. The number of hydrogen-bond donors (Lipinski definition) is 1. The van der Waals surface area contributed by atoms with Crippen LogP contribution in [-0.2, 0) is 0 Å². The largest absolute Gasteiger partial charge is 0.493 e. The number of benzene rings is 1. The molecule has 108 valence electrons. The fourth-order valence-corrected chi connectivity index (χ4v) is 2.42. The summed E-state index contributed by atoms with van der Waals surface area (Å²) < 4.78 is 6.03. The summed E-state index contributed by atoms with van der Waals surface area (Å²) in [7, 11) is 0. The summed E-state index contributed by atoms with van der Waals surface area (Å²) in [6, 6.07) is 5.79. The van der Waals surface area contributed by atoms with Gasteiger partial charge in [-0.25, -0.2) is 0 Å². The molecule has 0 radical (unpaired) electrons. The van der Waals surface area contributed by atoms with E-state index in [9.17, 15) is 0 Å². The lowest BCUT2D eigenvalue weighted by atomic mass is 10.0. The van der Waals surface area contributed by atoms with E-state index < -0.39 is 0 Å². The number of aromatic nitrogens is 1. The molecule has 1 unspecified atom stereocenters. The molecule has 0 amide bonds. The number of hydrogen-bond acceptors (Lipinski definition) is 3. The molecule has 0 saturated heterocycles. The van der Waals surface area contributed by atoms with E-state index in [-0.39, 0.29) is 0 Å². The average molecular weight is 272 g/mol. The van der Waals surface area contributed by atoms with Crippen LogP contribution in [0.25, 0.3) is 10.8 Å². The third-order valence-electron chi connectivity index (χ3n) is 3.83. The third kappa shape index (κ3) is 3.41. The third-order valence-corrected chi connectivity index (χ3v) is 3.83. The molecule has 1 atom stereocenters. The second-order valence-corrected chi connectivity index (χ2v) is 5.30. The molecular formula is C17H24N2O. The summed E-state index contributed by atoms with van der Waals surface area (Å²) in [4.78, 5) is 4.18. The maximum atomic E-state index is 6.03. The molecule has 0 aliphatic heterocycles. The van der Waals surface area contributed by atoms with E-state index in [1.807, 2.05) is 24.4 Å².